The van der Waals surface area contributed by atoms with E-state index in [1.807, 2.05) is 54.6 Å². The number of para-hydroxylation sites is 1. The number of amides is 2. The molecule has 2 heterocycles. The number of ketones is 1. The molecular formula is C25H18BrN3O3. The molecule has 2 atom stereocenters. The van der Waals surface area contributed by atoms with Gasteiger partial charge in [0.15, 0.2) is 5.78 Å². The smallest absolute Gasteiger partial charge is 0.259 e. The van der Waals surface area contributed by atoms with Crippen LogP contribution in [0.5, 0.6) is 0 Å². The van der Waals surface area contributed by atoms with Gasteiger partial charge in [-0.05, 0) is 61.0 Å². The highest BCUT2D eigenvalue weighted by Gasteiger charge is 2.57. The number of imide groups is 1. The Hall–Kier alpha value is -3.58. The molecule has 0 aliphatic carbocycles. The van der Waals surface area contributed by atoms with Crippen LogP contribution in [0.25, 0.3) is 0 Å². The third kappa shape index (κ3) is 3.26. The molecule has 3 aromatic carbocycles. The summed E-state index contributed by atoms with van der Waals surface area (Å²) in [4.78, 5) is 39.9. The van der Waals surface area contributed by atoms with Crippen molar-refractivity contribution in [3.05, 3.63) is 94.5 Å². The van der Waals surface area contributed by atoms with Crippen LogP contribution in [0.1, 0.15) is 22.8 Å². The molecule has 0 saturated carbocycles. The first kappa shape index (κ1) is 20.3. The van der Waals surface area contributed by atoms with E-state index in [1.165, 1.54) is 11.8 Å². The lowest BCUT2D eigenvalue weighted by atomic mass is 9.93. The van der Waals surface area contributed by atoms with Crippen LogP contribution in [0.2, 0.25) is 0 Å². The number of halogens is 1. The summed E-state index contributed by atoms with van der Waals surface area (Å²) in [7, 11) is 0. The minimum absolute atomic E-state index is 0.0765. The SMILES string of the molecule is CC(=O)c1ccc(N2C(=O)[C@@H]3C(c4ccc(Br)cc4)=NN(c4ccccc4)[C@@H]3C2=O)cc1. The zero-order valence-corrected chi connectivity index (χ0v) is 18.7. The topological polar surface area (TPSA) is 70.1 Å². The molecule has 6 nitrogen and oxygen atoms in total. The maximum atomic E-state index is 13.6. The van der Waals surface area contributed by atoms with Crippen LogP contribution in [0.3, 0.4) is 0 Å². The van der Waals surface area contributed by atoms with Crippen LogP contribution in [-0.2, 0) is 9.59 Å². The van der Waals surface area contributed by atoms with Crippen molar-refractivity contribution in [2.24, 2.45) is 11.0 Å². The van der Waals surface area contributed by atoms with Gasteiger partial charge in [-0.25, -0.2) is 4.90 Å². The van der Waals surface area contributed by atoms with Gasteiger partial charge < -0.3 is 0 Å². The van der Waals surface area contributed by atoms with E-state index in [1.54, 1.807) is 29.3 Å². The fraction of sp³-hybridized carbons (Fsp3) is 0.120. The van der Waals surface area contributed by atoms with Gasteiger partial charge in [-0.1, -0.05) is 46.3 Å². The molecule has 2 aliphatic rings. The lowest BCUT2D eigenvalue weighted by Crippen LogP contribution is -2.39. The monoisotopic (exact) mass is 487 g/mol. The number of fused-ring (bicyclic) bond motifs is 1. The molecule has 7 heteroatoms. The molecule has 5 rings (SSSR count). The van der Waals surface area contributed by atoms with E-state index in [0.717, 1.165) is 15.7 Å². The second kappa shape index (κ2) is 7.84. The number of nitrogens with zero attached hydrogens (tertiary/aromatic N) is 3. The molecule has 0 spiro atoms. The second-order valence-electron chi connectivity index (χ2n) is 7.71. The Morgan fingerprint density at radius 3 is 2.12 bits per heavy atom. The lowest BCUT2D eigenvalue weighted by Gasteiger charge is -2.22. The Kier molecular flexibility index (Phi) is 4.98. The van der Waals surface area contributed by atoms with Gasteiger partial charge in [-0.2, -0.15) is 5.10 Å². The van der Waals surface area contributed by atoms with E-state index in [4.69, 9.17) is 5.10 Å². The third-order valence-electron chi connectivity index (χ3n) is 5.74. The van der Waals surface area contributed by atoms with Crippen molar-refractivity contribution in [2.75, 3.05) is 9.91 Å². The number of carbonyl (C=O) groups excluding carboxylic acids is 3. The first-order valence-corrected chi connectivity index (χ1v) is 10.9. The standard InChI is InChI=1S/C25H18BrN3O3/c1-15(30)16-9-13-19(14-10-16)28-24(31)21-22(17-7-11-18(26)12-8-17)27-29(23(21)25(28)32)20-5-3-2-4-6-20/h2-14,21,23H,1H3/t21-,23+/m1/s1. The fourth-order valence-corrected chi connectivity index (χ4v) is 4.43. The molecule has 1 fully saturated rings. The van der Waals surface area contributed by atoms with E-state index in [-0.39, 0.29) is 17.6 Å². The number of rotatable bonds is 4. The molecule has 3 aromatic rings. The van der Waals surface area contributed by atoms with Gasteiger partial charge in [-0.15, -0.1) is 0 Å². The van der Waals surface area contributed by atoms with E-state index in [9.17, 15) is 14.4 Å². The molecule has 0 radical (unpaired) electrons. The average Bonchev–Trinajstić information content (AvgIpc) is 3.32. The molecule has 1 saturated heterocycles. The van der Waals surface area contributed by atoms with Crippen LogP contribution in [0, 0.1) is 5.92 Å². The predicted molar refractivity (Wildman–Crippen MR) is 126 cm³/mol. The fourth-order valence-electron chi connectivity index (χ4n) is 4.17. The van der Waals surface area contributed by atoms with Gasteiger partial charge in [0.1, 0.15) is 12.0 Å². The summed E-state index contributed by atoms with van der Waals surface area (Å²) < 4.78 is 0.914. The lowest BCUT2D eigenvalue weighted by molar-refractivity contribution is -0.121. The first-order chi connectivity index (χ1) is 15.5. The summed E-state index contributed by atoms with van der Waals surface area (Å²) in [5.74, 6) is -1.46. The van der Waals surface area contributed by atoms with Crippen LogP contribution in [-0.4, -0.2) is 29.4 Å². The van der Waals surface area contributed by atoms with Crippen molar-refractivity contribution >= 4 is 50.6 Å². The van der Waals surface area contributed by atoms with Gasteiger partial charge in [0.05, 0.1) is 17.1 Å². The Bertz CT molecular complexity index is 1250. The minimum Gasteiger partial charge on any atom is -0.295 e. The molecule has 0 bridgehead atoms. The Morgan fingerprint density at radius 1 is 0.844 bits per heavy atom. The van der Waals surface area contributed by atoms with E-state index >= 15 is 0 Å². The molecular weight excluding hydrogens is 470 g/mol. The maximum Gasteiger partial charge on any atom is 0.259 e. The van der Waals surface area contributed by atoms with Crippen molar-refractivity contribution in [3.8, 4) is 0 Å². The number of hydrogen-bond acceptors (Lipinski definition) is 5. The molecule has 32 heavy (non-hydrogen) atoms. The number of carbonyl (C=O) groups is 3. The molecule has 2 amide bonds. The normalized spacial score (nSPS) is 19.9. The van der Waals surface area contributed by atoms with Gasteiger partial charge in [0, 0.05) is 10.0 Å². The van der Waals surface area contributed by atoms with Crippen molar-refractivity contribution in [2.45, 2.75) is 13.0 Å². The van der Waals surface area contributed by atoms with Crippen LogP contribution in [0.15, 0.2) is 88.4 Å². The van der Waals surface area contributed by atoms with Gasteiger partial charge >= 0.3 is 0 Å². The van der Waals surface area contributed by atoms with Crippen molar-refractivity contribution in [1.82, 2.24) is 0 Å². The van der Waals surface area contributed by atoms with Gasteiger partial charge in [0.2, 0.25) is 5.91 Å². The number of Topliss-reactive ketones (excluding diaryl/α,β-unsaturated/α-hetero) is 1. The Balaban J connectivity index is 1.59. The second-order valence-corrected chi connectivity index (χ2v) is 8.63. The molecule has 0 aromatic heterocycles. The van der Waals surface area contributed by atoms with Crippen molar-refractivity contribution < 1.29 is 14.4 Å². The van der Waals surface area contributed by atoms with Gasteiger partial charge in [-0.3, -0.25) is 19.4 Å². The van der Waals surface area contributed by atoms with Crippen LogP contribution < -0.4 is 9.91 Å². The minimum atomic E-state index is -0.768. The third-order valence-corrected chi connectivity index (χ3v) is 6.27. The quantitative estimate of drug-likeness (QED) is 0.403. The maximum absolute atomic E-state index is 13.6. The highest BCUT2D eigenvalue weighted by Crippen LogP contribution is 2.39. The van der Waals surface area contributed by atoms with Crippen LogP contribution in [0.4, 0.5) is 11.4 Å². The van der Waals surface area contributed by atoms with Crippen molar-refractivity contribution in [3.63, 3.8) is 0 Å². The molecule has 2 aliphatic heterocycles. The summed E-state index contributed by atoms with van der Waals surface area (Å²) in [5.41, 5.74) is 3.06. The van der Waals surface area contributed by atoms with E-state index in [2.05, 4.69) is 15.9 Å². The largest absolute Gasteiger partial charge is 0.295 e. The zero-order valence-electron chi connectivity index (χ0n) is 17.1. The first-order valence-electron chi connectivity index (χ1n) is 10.1. The summed E-state index contributed by atoms with van der Waals surface area (Å²) >= 11 is 3.43. The average molecular weight is 488 g/mol. The van der Waals surface area contributed by atoms with Crippen molar-refractivity contribution in [1.29, 1.82) is 0 Å². The van der Waals surface area contributed by atoms with Crippen LogP contribution >= 0.6 is 15.9 Å². The highest BCUT2D eigenvalue weighted by atomic mass is 79.9. The number of anilines is 2. The molecule has 0 N–H and O–H groups in total. The Labute approximate surface area is 193 Å². The summed E-state index contributed by atoms with van der Waals surface area (Å²) in [6.45, 7) is 1.48. The number of benzene rings is 3. The van der Waals surface area contributed by atoms with Gasteiger partial charge in [0.25, 0.3) is 5.91 Å². The zero-order chi connectivity index (χ0) is 22.4. The predicted octanol–water partition coefficient (Wildman–Crippen LogP) is 4.43. The molecule has 0 unspecified atom stereocenters. The summed E-state index contributed by atoms with van der Waals surface area (Å²) in [6, 6.07) is 22.7. The molecule has 158 valence electrons. The number of hydrogen-bond donors (Lipinski definition) is 0. The number of hydrazone groups is 1. The Morgan fingerprint density at radius 2 is 1.50 bits per heavy atom. The van der Waals surface area contributed by atoms with E-state index < -0.39 is 12.0 Å². The highest BCUT2D eigenvalue weighted by molar-refractivity contribution is 9.10. The summed E-state index contributed by atoms with van der Waals surface area (Å²) in [6.07, 6.45) is 0. The summed E-state index contributed by atoms with van der Waals surface area (Å²) in [5, 5.41) is 6.38. The van der Waals surface area contributed by atoms with E-state index in [0.29, 0.717) is 17.0 Å².